The summed E-state index contributed by atoms with van der Waals surface area (Å²) in [7, 11) is 4.07. The zero-order valence-corrected chi connectivity index (χ0v) is 23.2. The molecule has 1 heterocycles. The van der Waals surface area contributed by atoms with Gasteiger partial charge in [-0.2, -0.15) is 0 Å². The van der Waals surface area contributed by atoms with Gasteiger partial charge < -0.3 is 15.1 Å². The molecule has 0 unspecified atom stereocenters. The maximum atomic E-state index is 13.9. The van der Waals surface area contributed by atoms with Gasteiger partial charge in [0.25, 0.3) is 5.91 Å². The van der Waals surface area contributed by atoms with Crippen molar-refractivity contribution in [2.75, 3.05) is 29.2 Å². The Bertz CT molecular complexity index is 1430. The van der Waals surface area contributed by atoms with Crippen LogP contribution in [0.15, 0.2) is 97.3 Å². The summed E-state index contributed by atoms with van der Waals surface area (Å²) >= 11 is 0. The fraction of sp³-hybridized carbons (Fsp3) is 0.265. The lowest BCUT2D eigenvalue weighted by molar-refractivity contribution is -0.123. The van der Waals surface area contributed by atoms with E-state index in [1.165, 1.54) is 6.42 Å². The molecule has 1 aliphatic rings. The molecule has 1 fully saturated rings. The quantitative estimate of drug-likeness (QED) is 0.261. The fourth-order valence-electron chi connectivity index (χ4n) is 5.26. The Morgan fingerprint density at radius 3 is 2.17 bits per heavy atom. The van der Waals surface area contributed by atoms with Crippen LogP contribution in [0.25, 0.3) is 11.1 Å². The number of anilines is 3. The van der Waals surface area contributed by atoms with Gasteiger partial charge >= 0.3 is 0 Å². The Labute approximate surface area is 236 Å². The number of carbonyl (C=O) groups excluding carboxylic acids is 2. The standard InChI is InChI=1S/C34H36N4O2/c1-37(2)31-19-17-27(18-20-31)26-15-13-25(14-16-26)24-38(34(40)28-8-4-3-5-9-28)32-12-6-10-29(22-32)33(39)36-30-11-7-21-35-23-30/h6-7,10-23,28H,3-5,8-9,24H2,1-2H3,(H,36,39). The molecule has 204 valence electrons. The number of pyridine rings is 1. The van der Waals surface area contributed by atoms with E-state index in [0.717, 1.165) is 53.7 Å². The molecule has 1 aromatic heterocycles. The van der Waals surface area contributed by atoms with E-state index in [-0.39, 0.29) is 17.7 Å². The van der Waals surface area contributed by atoms with Crippen LogP contribution in [0.5, 0.6) is 0 Å². The van der Waals surface area contributed by atoms with Gasteiger partial charge in [-0.3, -0.25) is 14.6 Å². The Hall–Kier alpha value is -4.45. The molecule has 40 heavy (non-hydrogen) atoms. The molecule has 0 radical (unpaired) electrons. The highest BCUT2D eigenvalue weighted by Gasteiger charge is 2.27. The van der Waals surface area contributed by atoms with Gasteiger partial charge in [0.15, 0.2) is 0 Å². The molecule has 4 aromatic rings. The fourth-order valence-corrected chi connectivity index (χ4v) is 5.26. The van der Waals surface area contributed by atoms with Crippen LogP contribution in [-0.2, 0) is 11.3 Å². The van der Waals surface area contributed by atoms with Crippen LogP contribution in [-0.4, -0.2) is 30.9 Å². The first-order chi connectivity index (χ1) is 19.5. The van der Waals surface area contributed by atoms with E-state index in [1.54, 1.807) is 30.6 Å². The van der Waals surface area contributed by atoms with E-state index in [0.29, 0.717) is 17.8 Å². The molecule has 3 aromatic carbocycles. The van der Waals surface area contributed by atoms with Gasteiger partial charge in [-0.25, -0.2) is 0 Å². The molecule has 5 rings (SSSR count). The van der Waals surface area contributed by atoms with Crippen molar-refractivity contribution in [2.24, 2.45) is 5.92 Å². The highest BCUT2D eigenvalue weighted by atomic mass is 16.2. The minimum atomic E-state index is -0.232. The Morgan fingerprint density at radius 2 is 1.52 bits per heavy atom. The van der Waals surface area contributed by atoms with Crippen molar-refractivity contribution >= 4 is 28.9 Å². The predicted molar refractivity (Wildman–Crippen MR) is 163 cm³/mol. The first-order valence-electron chi connectivity index (χ1n) is 14.0. The first-order valence-corrected chi connectivity index (χ1v) is 14.0. The van der Waals surface area contributed by atoms with Crippen molar-refractivity contribution in [2.45, 2.75) is 38.6 Å². The van der Waals surface area contributed by atoms with Gasteiger partial charge in [-0.05, 0) is 72.0 Å². The number of aromatic nitrogens is 1. The number of amides is 2. The largest absolute Gasteiger partial charge is 0.378 e. The van der Waals surface area contributed by atoms with Crippen LogP contribution in [0.2, 0.25) is 0 Å². The second-order valence-corrected chi connectivity index (χ2v) is 10.6. The second kappa shape index (κ2) is 12.6. The Morgan fingerprint density at radius 1 is 0.825 bits per heavy atom. The summed E-state index contributed by atoms with van der Waals surface area (Å²) in [5.74, 6) is -0.0893. The number of hydrogen-bond acceptors (Lipinski definition) is 4. The van der Waals surface area contributed by atoms with E-state index in [2.05, 4.69) is 63.7 Å². The van der Waals surface area contributed by atoms with E-state index < -0.39 is 0 Å². The van der Waals surface area contributed by atoms with Crippen molar-refractivity contribution in [3.8, 4) is 11.1 Å². The summed E-state index contributed by atoms with van der Waals surface area (Å²) in [6, 6.07) is 27.8. The van der Waals surface area contributed by atoms with Crippen molar-refractivity contribution in [3.63, 3.8) is 0 Å². The van der Waals surface area contributed by atoms with Crippen LogP contribution >= 0.6 is 0 Å². The zero-order valence-electron chi connectivity index (χ0n) is 23.2. The van der Waals surface area contributed by atoms with E-state index in [4.69, 9.17) is 0 Å². The van der Waals surface area contributed by atoms with Crippen molar-refractivity contribution in [1.29, 1.82) is 0 Å². The van der Waals surface area contributed by atoms with Crippen molar-refractivity contribution < 1.29 is 9.59 Å². The van der Waals surface area contributed by atoms with E-state index in [1.807, 2.05) is 37.2 Å². The SMILES string of the molecule is CN(C)c1ccc(-c2ccc(CN(C(=O)C3CCCCC3)c3cccc(C(=O)Nc4cccnc4)c3)cc2)cc1. The lowest BCUT2D eigenvalue weighted by Crippen LogP contribution is -2.36. The van der Waals surface area contributed by atoms with Crippen LogP contribution in [0.4, 0.5) is 17.1 Å². The molecule has 0 bridgehead atoms. The number of rotatable bonds is 8. The third kappa shape index (κ3) is 6.57. The van der Waals surface area contributed by atoms with Crippen LogP contribution in [0, 0.1) is 5.92 Å². The number of carbonyl (C=O) groups is 2. The van der Waals surface area contributed by atoms with E-state index >= 15 is 0 Å². The van der Waals surface area contributed by atoms with Crippen LogP contribution in [0.1, 0.15) is 48.0 Å². The molecule has 6 heteroatoms. The smallest absolute Gasteiger partial charge is 0.255 e. The summed E-state index contributed by atoms with van der Waals surface area (Å²) in [6.07, 6.45) is 8.46. The Kier molecular flexibility index (Phi) is 8.55. The number of nitrogens with zero attached hydrogens (tertiary/aromatic N) is 3. The van der Waals surface area contributed by atoms with Crippen LogP contribution < -0.4 is 15.1 Å². The predicted octanol–water partition coefficient (Wildman–Crippen LogP) is 7.18. The lowest BCUT2D eigenvalue weighted by atomic mass is 9.88. The number of nitrogens with one attached hydrogen (secondary N) is 1. The molecule has 1 aliphatic carbocycles. The highest BCUT2D eigenvalue weighted by molar-refractivity contribution is 6.05. The van der Waals surface area contributed by atoms with Gasteiger partial charge in [0.2, 0.25) is 5.91 Å². The average Bonchev–Trinajstić information content (AvgIpc) is 3.01. The molecular weight excluding hydrogens is 496 g/mol. The van der Waals surface area contributed by atoms with Crippen LogP contribution in [0.3, 0.4) is 0 Å². The molecule has 6 nitrogen and oxygen atoms in total. The summed E-state index contributed by atoms with van der Waals surface area (Å²) in [5.41, 5.74) is 6.35. The monoisotopic (exact) mass is 532 g/mol. The molecule has 0 aliphatic heterocycles. The maximum absolute atomic E-state index is 13.9. The summed E-state index contributed by atoms with van der Waals surface area (Å²) < 4.78 is 0. The lowest BCUT2D eigenvalue weighted by Gasteiger charge is -2.30. The van der Waals surface area contributed by atoms with Crippen molar-refractivity contribution in [1.82, 2.24) is 4.98 Å². The second-order valence-electron chi connectivity index (χ2n) is 10.6. The minimum Gasteiger partial charge on any atom is -0.378 e. The third-order valence-corrected chi connectivity index (χ3v) is 7.57. The highest BCUT2D eigenvalue weighted by Crippen LogP contribution is 2.30. The van der Waals surface area contributed by atoms with Gasteiger partial charge in [-0.1, -0.05) is 61.7 Å². The maximum Gasteiger partial charge on any atom is 0.255 e. The summed E-state index contributed by atoms with van der Waals surface area (Å²) in [4.78, 5) is 34.9. The summed E-state index contributed by atoms with van der Waals surface area (Å²) in [6.45, 7) is 0.447. The molecule has 1 N–H and O–H groups in total. The minimum absolute atomic E-state index is 0.0103. The van der Waals surface area contributed by atoms with Gasteiger partial charge in [0.05, 0.1) is 18.4 Å². The zero-order chi connectivity index (χ0) is 27.9. The average molecular weight is 533 g/mol. The molecule has 1 saturated carbocycles. The third-order valence-electron chi connectivity index (χ3n) is 7.57. The molecule has 2 amide bonds. The van der Waals surface area contributed by atoms with E-state index in [9.17, 15) is 9.59 Å². The Balaban J connectivity index is 1.39. The molecule has 0 atom stereocenters. The topological polar surface area (TPSA) is 65.5 Å². The van der Waals surface area contributed by atoms with Gasteiger partial charge in [-0.15, -0.1) is 0 Å². The van der Waals surface area contributed by atoms with Gasteiger partial charge in [0, 0.05) is 43.1 Å². The normalized spacial score (nSPS) is 13.4. The molecular formula is C34H36N4O2. The molecule has 0 spiro atoms. The van der Waals surface area contributed by atoms with Gasteiger partial charge in [0.1, 0.15) is 0 Å². The number of benzene rings is 3. The first kappa shape index (κ1) is 27.1. The molecule has 0 saturated heterocycles. The summed E-state index contributed by atoms with van der Waals surface area (Å²) in [5, 5.41) is 2.89. The number of hydrogen-bond donors (Lipinski definition) is 1. The van der Waals surface area contributed by atoms with Crippen molar-refractivity contribution in [3.05, 3.63) is 108 Å².